The number of esters is 2. The molecule has 208 valence electrons. The van der Waals surface area contributed by atoms with Gasteiger partial charge in [0, 0.05) is 5.41 Å². The van der Waals surface area contributed by atoms with E-state index < -0.39 is 17.5 Å². The number of carbonyl (C=O) groups is 2. The number of carbonyl (C=O) groups excluding carboxylic acids is 2. The maximum absolute atomic E-state index is 13.0. The Balaban J connectivity index is 1.81. The fourth-order valence-corrected chi connectivity index (χ4v) is 4.64. The lowest BCUT2D eigenvalue weighted by molar-refractivity contribution is -0.00244. The Morgan fingerprint density at radius 2 is 1.26 bits per heavy atom. The van der Waals surface area contributed by atoms with E-state index in [1.165, 1.54) is 22.8 Å². The summed E-state index contributed by atoms with van der Waals surface area (Å²) in [6.07, 6.45) is 1.77. The lowest BCUT2D eigenvalue weighted by Crippen LogP contribution is -2.27. The van der Waals surface area contributed by atoms with Crippen LogP contribution in [0.2, 0.25) is 0 Å². The van der Waals surface area contributed by atoms with Crippen molar-refractivity contribution in [3.8, 4) is 5.75 Å². The van der Waals surface area contributed by atoms with Crippen molar-refractivity contribution in [2.45, 2.75) is 98.5 Å². The highest BCUT2D eigenvalue weighted by Crippen LogP contribution is 2.37. The summed E-state index contributed by atoms with van der Waals surface area (Å²) in [6, 6.07) is 19.2. The van der Waals surface area contributed by atoms with Gasteiger partial charge in [0.2, 0.25) is 0 Å². The van der Waals surface area contributed by atoms with Crippen molar-refractivity contribution in [2.24, 2.45) is 0 Å². The molecule has 0 bridgehead atoms. The largest absolute Gasteiger partial charge is 0.456 e. The normalized spacial score (nSPS) is 12.3. The standard InChI is InChI=1S/C35H44O4/c1-11-33(5,6)29-18-16-27(20-23(29)3)35(9,10)28-17-19-30(24(4)21-28)38-31(36)25-14-13-15-26(22-25)32(37)39-34(7,8)12-2/h13-22H,11-12H2,1-10H3. The molecule has 0 saturated heterocycles. The van der Waals surface area contributed by atoms with Crippen LogP contribution < -0.4 is 4.74 Å². The number of hydrogen-bond donors (Lipinski definition) is 0. The van der Waals surface area contributed by atoms with Crippen LogP contribution in [0, 0.1) is 13.8 Å². The van der Waals surface area contributed by atoms with E-state index in [0.717, 1.165) is 17.5 Å². The minimum Gasteiger partial charge on any atom is -0.456 e. The van der Waals surface area contributed by atoms with Crippen molar-refractivity contribution in [2.75, 3.05) is 0 Å². The first-order valence-corrected chi connectivity index (χ1v) is 13.9. The molecule has 3 aromatic rings. The van der Waals surface area contributed by atoms with Gasteiger partial charge in [-0.15, -0.1) is 0 Å². The Kier molecular flexibility index (Phi) is 8.79. The summed E-state index contributed by atoms with van der Waals surface area (Å²) < 4.78 is 11.3. The number of aryl methyl sites for hydroxylation is 2. The first kappa shape index (κ1) is 30.1. The monoisotopic (exact) mass is 528 g/mol. The van der Waals surface area contributed by atoms with E-state index in [1.54, 1.807) is 18.2 Å². The first-order valence-electron chi connectivity index (χ1n) is 13.9. The van der Waals surface area contributed by atoms with E-state index in [9.17, 15) is 9.59 Å². The van der Waals surface area contributed by atoms with Crippen LogP contribution in [0.3, 0.4) is 0 Å². The topological polar surface area (TPSA) is 52.6 Å². The molecule has 4 heteroatoms. The molecule has 0 heterocycles. The summed E-state index contributed by atoms with van der Waals surface area (Å²) >= 11 is 0. The molecule has 0 atom stereocenters. The van der Waals surface area contributed by atoms with Crippen molar-refractivity contribution >= 4 is 11.9 Å². The predicted octanol–water partition coefficient (Wildman–Crippen LogP) is 8.88. The molecular formula is C35H44O4. The fourth-order valence-electron chi connectivity index (χ4n) is 4.64. The van der Waals surface area contributed by atoms with Gasteiger partial charge >= 0.3 is 11.9 Å². The molecule has 0 radical (unpaired) electrons. The second-order valence-corrected chi connectivity index (χ2v) is 12.3. The third-order valence-corrected chi connectivity index (χ3v) is 8.21. The Morgan fingerprint density at radius 1 is 0.692 bits per heavy atom. The van der Waals surface area contributed by atoms with E-state index in [4.69, 9.17) is 9.47 Å². The summed E-state index contributed by atoms with van der Waals surface area (Å²) in [5.41, 5.74) is 5.90. The number of hydrogen-bond acceptors (Lipinski definition) is 4. The first-order chi connectivity index (χ1) is 18.1. The van der Waals surface area contributed by atoms with Gasteiger partial charge in [0.1, 0.15) is 11.4 Å². The van der Waals surface area contributed by atoms with Gasteiger partial charge in [-0.3, -0.25) is 0 Å². The second-order valence-electron chi connectivity index (χ2n) is 12.3. The summed E-state index contributed by atoms with van der Waals surface area (Å²) in [5, 5.41) is 0. The van der Waals surface area contributed by atoms with Crippen LogP contribution in [0.15, 0.2) is 60.7 Å². The van der Waals surface area contributed by atoms with Gasteiger partial charge in [0.15, 0.2) is 0 Å². The molecule has 39 heavy (non-hydrogen) atoms. The van der Waals surface area contributed by atoms with Gasteiger partial charge in [-0.2, -0.15) is 0 Å². The molecule has 0 N–H and O–H groups in total. The van der Waals surface area contributed by atoms with Crippen molar-refractivity contribution in [3.05, 3.63) is 99.6 Å². The van der Waals surface area contributed by atoms with Crippen LogP contribution in [0.25, 0.3) is 0 Å². The maximum atomic E-state index is 13.0. The molecule has 0 fully saturated rings. The lowest BCUT2D eigenvalue weighted by Gasteiger charge is -2.30. The SMILES string of the molecule is CCC(C)(C)OC(=O)c1cccc(C(=O)Oc2ccc(C(C)(C)c3ccc(C(C)(C)CC)c(C)c3)cc2C)c1. The number of ether oxygens (including phenoxy) is 2. The summed E-state index contributed by atoms with van der Waals surface area (Å²) in [7, 11) is 0. The molecule has 4 nitrogen and oxygen atoms in total. The van der Waals surface area contributed by atoms with Crippen molar-refractivity contribution in [1.29, 1.82) is 0 Å². The third-order valence-electron chi connectivity index (χ3n) is 8.21. The van der Waals surface area contributed by atoms with E-state index >= 15 is 0 Å². The molecule has 0 aliphatic carbocycles. The van der Waals surface area contributed by atoms with Crippen molar-refractivity contribution < 1.29 is 19.1 Å². The smallest absolute Gasteiger partial charge is 0.343 e. The molecule has 3 aromatic carbocycles. The summed E-state index contributed by atoms with van der Waals surface area (Å²) in [4.78, 5) is 25.6. The van der Waals surface area contributed by atoms with Gasteiger partial charge in [-0.1, -0.05) is 77.9 Å². The quantitative estimate of drug-likeness (QED) is 0.206. The summed E-state index contributed by atoms with van der Waals surface area (Å²) in [5.74, 6) is -0.476. The molecule has 0 saturated carbocycles. The molecule has 0 aliphatic heterocycles. The number of rotatable bonds is 9. The zero-order valence-electron chi connectivity index (χ0n) is 25.3. The minimum atomic E-state index is -0.576. The van der Waals surface area contributed by atoms with Crippen LogP contribution in [0.5, 0.6) is 5.75 Å². The minimum absolute atomic E-state index is 0.140. The molecule has 0 spiro atoms. The Morgan fingerprint density at radius 3 is 1.79 bits per heavy atom. The highest BCUT2D eigenvalue weighted by atomic mass is 16.6. The van der Waals surface area contributed by atoms with Crippen LogP contribution in [0.1, 0.15) is 117 Å². The molecular weight excluding hydrogens is 484 g/mol. The highest BCUT2D eigenvalue weighted by molar-refractivity contribution is 5.96. The predicted molar refractivity (Wildman–Crippen MR) is 159 cm³/mol. The van der Waals surface area contributed by atoms with E-state index in [0.29, 0.717) is 23.3 Å². The van der Waals surface area contributed by atoms with Crippen LogP contribution >= 0.6 is 0 Å². The van der Waals surface area contributed by atoms with Crippen LogP contribution in [0.4, 0.5) is 0 Å². The zero-order chi connectivity index (χ0) is 29.2. The third kappa shape index (κ3) is 6.79. The zero-order valence-corrected chi connectivity index (χ0v) is 25.3. The lowest BCUT2D eigenvalue weighted by atomic mass is 9.74. The van der Waals surface area contributed by atoms with Gasteiger partial charge in [0.25, 0.3) is 0 Å². The van der Waals surface area contributed by atoms with Gasteiger partial charge < -0.3 is 9.47 Å². The van der Waals surface area contributed by atoms with Crippen LogP contribution in [-0.4, -0.2) is 17.5 Å². The Labute approximate surface area is 234 Å². The average molecular weight is 529 g/mol. The Bertz CT molecular complexity index is 1360. The van der Waals surface area contributed by atoms with Crippen molar-refractivity contribution in [3.63, 3.8) is 0 Å². The van der Waals surface area contributed by atoms with E-state index in [2.05, 4.69) is 65.8 Å². The highest BCUT2D eigenvalue weighted by Gasteiger charge is 2.27. The van der Waals surface area contributed by atoms with Gasteiger partial charge in [-0.05, 0) is 98.0 Å². The molecule has 0 unspecified atom stereocenters. The van der Waals surface area contributed by atoms with E-state index in [1.807, 2.05) is 39.8 Å². The fraction of sp³-hybridized carbons (Fsp3) is 0.429. The molecule has 0 aromatic heterocycles. The summed E-state index contributed by atoms with van der Waals surface area (Å²) in [6.45, 7) is 21.1. The Hall–Kier alpha value is -3.40. The molecule has 0 aliphatic rings. The average Bonchev–Trinajstić information content (AvgIpc) is 2.89. The van der Waals surface area contributed by atoms with Crippen molar-refractivity contribution in [1.82, 2.24) is 0 Å². The van der Waals surface area contributed by atoms with Gasteiger partial charge in [0.05, 0.1) is 11.1 Å². The van der Waals surface area contributed by atoms with E-state index in [-0.39, 0.29) is 10.8 Å². The molecule has 3 rings (SSSR count). The maximum Gasteiger partial charge on any atom is 0.343 e. The molecule has 0 amide bonds. The second kappa shape index (κ2) is 11.4. The van der Waals surface area contributed by atoms with Gasteiger partial charge in [-0.25, -0.2) is 9.59 Å². The van der Waals surface area contributed by atoms with Crippen LogP contribution in [-0.2, 0) is 15.6 Å². The number of benzene rings is 3.